The van der Waals surface area contributed by atoms with Gasteiger partial charge in [0.1, 0.15) is 17.6 Å². The molecule has 1 saturated heterocycles. The fraction of sp³-hybridized carbons (Fsp3) is 0.381. The highest BCUT2D eigenvalue weighted by Gasteiger charge is 2.26. The summed E-state index contributed by atoms with van der Waals surface area (Å²) in [7, 11) is 1.61. The smallest absolute Gasteiger partial charge is 0.250 e. The van der Waals surface area contributed by atoms with Crippen LogP contribution >= 0.6 is 0 Å². The standard InChI is InChI=1S/C21H26N2O4/c1-25-12-10-22-21(24)20-16-23(11-13-26-20)15-17-6-5-9-19(14-17)27-18-7-3-2-4-8-18/h2-9,14,20H,10-13,15-16H2,1H3,(H,22,24). The highest BCUT2D eigenvalue weighted by molar-refractivity contribution is 5.81. The molecule has 1 aliphatic rings. The van der Waals surface area contributed by atoms with Crippen molar-refractivity contribution in [3.63, 3.8) is 0 Å². The number of carbonyl (C=O) groups is 1. The van der Waals surface area contributed by atoms with Crippen LogP contribution < -0.4 is 10.1 Å². The van der Waals surface area contributed by atoms with Crippen molar-refractivity contribution >= 4 is 5.91 Å². The van der Waals surface area contributed by atoms with Crippen LogP contribution in [0.1, 0.15) is 5.56 Å². The number of hydrogen-bond acceptors (Lipinski definition) is 5. The Morgan fingerprint density at radius 3 is 2.81 bits per heavy atom. The molecule has 3 rings (SSSR count). The van der Waals surface area contributed by atoms with Gasteiger partial charge in [0.2, 0.25) is 0 Å². The molecule has 1 amide bonds. The molecule has 6 heteroatoms. The molecule has 0 radical (unpaired) electrons. The van der Waals surface area contributed by atoms with E-state index in [2.05, 4.69) is 16.3 Å². The van der Waals surface area contributed by atoms with Crippen LogP contribution in [0, 0.1) is 0 Å². The molecule has 2 aromatic carbocycles. The summed E-state index contributed by atoms with van der Waals surface area (Å²) in [6, 6.07) is 17.8. The second-order valence-electron chi connectivity index (χ2n) is 6.44. The molecule has 0 saturated carbocycles. The summed E-state index contributed by atoms with van der Waals surface area (Å²) in [5, 5.41) is 2.84. The van der Waals surface area contributed by atoms with E-state index in [0.29, 0.717) is 26.3 Å². The first kappa shape index (κ1) is 19.4. The second-order valence-corrected chi connectivity index (χ2v) is 6.44. The summed E-state index contributed by atoms with van der Waals surface area (Å²) >= 11 is 0. The molecule has 1 aliphatic heterocycles. The Bertz CT molecular complexity index is 723. The first-order valence-electron chi connectivity index (χ1n) is 9.17. The van der Waals surface area contributed by atoms with Crippen LogP contribution in [0.15, 0.2) is 54.6 Å². The van der Waals surface area contributed by atoms with Gasteiger partial charge >= 0.3 is 0 Å². The van der Waals surface area contributed by atoms with Crippen LogP contribution in [0.5, 0.6) is 11.5 Å². The Kier molecular flexibility index (Phi) is 7.21. The van der Waals surface area contributed by atoms with E-state index in [0.717, 1.165) is 30.2 Å². The minimum Gasteiger partial charge on any atom is -0.457 e. The third-order valence-electron chi connectivity index (χ3n) is 4.33. The monoisotopic (exact) mass is 370 g/mol. The normalized spacial score (nSPS) is 17.4. The lowest BCUT2D eigenvalue weighted by Crippen LogP contribution is -2.49. The molecule has 144 valence electrons. The predicted molar refractivity (Wildman–Crippen MR) is 103 cm³/mol. The number of rotatable bonds is 8. The lowest BCUT2D eigenvalue weighted by molar-refractivity contribution is -0.139. The number of benzene rings is 2. The summed E-state index contributed by atoms with van der Waals surface area (Å²) in [5.74, 6) is 1.53. The van der Waals surface area contributed by atoms with E-state index in [-0.39, 0.29) is 5.91 Å². The molecule has 1 atom stereocenters. The SMILES string of the molecule is COCCNC(=O)C1CN(Cc2cccc(Oc3ccccc3)c2)CCO1. The molecule has 0 aliphatic carbocycles. The minimum absolute atomic E-state index is 0.0853. The van der Waals surface area contributed by atoms with E-state index >= 15 is 0 Å². The number of carbonyl (C=O) groups excluding carboxylic acids is 1. The number of hydrogen-bond donors (Lipinski definition) is 1. The summed E-state index contributed by atoms with van der Waals surface area (Å²) in [6.07, 6.45) is -0.445. The first-order chi connectivity index (χ1) is 13.2. The van der Waals surface area contributed by atoms with Crippen molar-refractivity contribution in [3.8, 4) is 11.5 Å². The number of amides is 1. The van der Waals surface area contributed by atoms with Gasteiger partial charge in [0.25, 0.3) is 5.91 Å². The van der Waals surface area contributed by atoms with Gasteiger partial charge in [0.15, 0.2) is 0 Å². The molecule has 1 fully saturated rings. The Labute approximate surface area is 160 Å². The average Bonchev–Trinajstić information content (AvgIpc) is 2.69. The van der Waals surface area contributed by atoms with E-state index in [9.17, 15) is 4.79 Å². The van der Waals surface area contributed by atoms with Gasteiger partial charge in [-0.05, 0) is 29.8 Å². The molecule has 1 heterocycles. The van der Waals surface area contributed by atoms with Crippen molar-refractivity contribution < 1.29 is 19.0 Å². The predicted octanol–water partition coefficient (Wildman–Crippen LogP) is 2.44. The van der Waals surface area contributed by atoms with Gasteiger partial charge in [-0.2, -0.15) is 0 Å². The highest BCUT2D eigenvalue weighted by Crippen LogP contribution is 2.22. The lowest BCUT2D eigenvalue weighted by atomic mass is 10.1. The zero-order valence-electron chi connectivity index (χ0n) is 15.6. The number of para-hydroxylation sites is 1. The molecule has 1 N–H and O–H groups in total. The van der Waals surface area contributed by atoms with Gasteiger partial charge in [0, 0.05) is 33.3 Å². The number of nitrogens with one attached hydrogen (secondary N) is 1. The van der Waals surface area contributed by atoms with Crippen LogP contribution in [0.4, 0.5) is 0 Å². The van der Waals surface area contributed by atoms with Crippen molar-refractivity contribution in [3.05, 3.63) is 60.2 Å². The Morgan fingerprint density at radius 2 is 2.00 bits per heavy atom. The minimum atomic E-state index is -0.445. The van der Waals surface area contributed by atoms with Gasteiger partial charge in [-0.1, -0.05) is 30.3 Å². The molecule has 2 aromatic rings. The van der Waals surface area contributed by atoms with Gasteiger partial charge in [-0.15, -0.1) is 0 Å². The number of morpholine rings is 1. The Morgan fingerprint density at radius 1 is 1.19 bits per heavy atom. The van der Waals surface area contributed by atoms with E-state index in [1.54, 1.807) is 7.11 Å². The number of methoxy groups -OCH3 is 1. The molecule has 27 heavy (non-hydrogen) atoms. The van der Waals surface area contributed by atoms with E-state index < -0.39 is 6.10 Å². The molecule has 0 spiro atoms. The molecule has 6 nitrogen and oxygen atoms in total. The third kappa shape index (κ3) is 6.06. The summed E-state index contributed by atoms with van der Waals surface area (Å²) < 4.78 is 16.5. The second kappa shape index (κ2) is 10.1. The third-order valence-corrected chi connectivity index (χ3v) is 4.33. The van der Waals surface area contributed by atoms with Crippen LogP contribution in [0.25, 0.3) is 0 Å². The van der Waals surface area contributed by atoms with Crippen molar-refractivity contribution in [1.29, 1.82) is 0 Å². The average molecular weight is 370 g/mol. The summed E-state index contributed by atoms with van der Waals surface area (Å²) in [6.45, 7) is 3.65. The van der Waals surface area contributed by atoms with Crippen molar-refractivity contribution in [1.82, 2.24) is 10.2 Å². The van der Waals surface area contributed by atoms with Gasteiger partial charge in [-0.3, -0.25) is 9.69 Å². The summed E-state index contributed by atoms with van der Waals surface area (Å²) in [4.78, 5) is 14.4. The fourth-order valence-electron chi connectivity index (χ4n) is 2.99. The maximum absolute atomic E-state index is 12.2. The molecular formula is C21H26N2O4. The lowest BCUT2D eigenvalue weighted by Gasteiger charge is -2.32. The zero-order valence-corrected chi connectivity index (χ0v) is 15.6. The largest absolute Gasteiger partial charge is 0.457 e. The molecule has 1 unspecified atom stereocenters. The Hall–Kier alpha value is -2.41. The first-order valence-corrected chi connectivity index (χ1v) is 9.17. The molecular weight excluding hydrogens is 344 g/mol. The highest BCUT2D eigenvalue weighted by atomic mass is 16.5. The van der Waals surface area contributed by atoms with E-state index in [1.807, 2.05) is 48.5 Å². The van der Waals surface area contributed by atoms with Crippen LogP contribution in [0.2, 0.25) is 0 Å². The Balaban J connectivity index is 1.55. The maximum atomic E-state index is 12.2. The topological polar surface area (TPSA) is 60.0 Å². The molecule has 0 aromatic heterocycles. The van der Waals surface area contributed by atoms with Crippen molar-refractivity contribution in [2.75, 3.05) is 40.0 Å². The summed E-state index contributed by atoms with van der Waals surface area (Å²) in [5.41, 5.74) is 1.14. The maximum Gasteiger partial charge on any atom is 0.250 e. The quantitative estimate of drug-likeness (QED) is 0.724. The zero-order chi connectivity index (χ0) is 18.9. The van der Waals surface area contributed by atoms with Gasteiger partial charge < -0.3 is 19.5 Å². The van der Waals surface area contributed by atoms with Crippen molar-refractivity contribution in [2.24, 2.45) is 0 Å². The van der Waals surface area contributed by atoms with Gasteiger partial charge in [0.05, 0.1) is 13.2 Å². The van der Waals surface area contributed by atoms with E-state index in [1.165, 1.54) is 0 Å². The molecule has 0 bridgehead atoms. The van der Waals surface area contributed by atoms with Crippen LogP contribution in [-0.4, -0.2) is 56.9 Å². The number of nitrogens with zero attached hydrogens (tertiary/aromatic N) is 1. The fourth-order valence-corrected chi connectivity index (χ4v) is 2.99. The number of ether oxygens (including phenoxy) is 3. The van der Waals surface area contributed by atoms with Crippen LogP contribution in [-0.2, 0) is 20.8 Å². The van der Waals surface area contributed by atoms with Gasteiger partial charge in [-0.25, -0.2) is 0 Å². The van der Waals surface area contributed by atoms with Crippen LogP contribution in [0.3, 0.4) is 0 Å². The van der Waals surface area contributed by atoms with E-state index in [4.69, 9.17) is 14.2 Å². The van der Waals surface area contributed by atoms with Crippen molar-refractivity contribution in [2.45, 2.75) is 12.6 Å².